The Bertz CT molecular complexity index is 943. The van der Waals surface area contributed by atoms with Crippen molar-refractivity contribution in [2.45, 2.75) is 85.7 Å². The van der Waals surface area contributed by atoms with Crippen LogP contribution >= 0.6 is 0 Å². The minimum absolute atomic E-state index is 0.0359. The molecule has 0 unspecified atom stereocenters. The molecule has 0 bridgehead atoms. The molecular formula is C30H47FN4O2. The van der Waals surface area contributed by atoms with E-state index in [0.29, 0.717) is 23.4 Å². The lowest BCUT2D eigenvalue weighted by atomic mass is 9.98. The van der Waals surface area contributed by atoms with Crippen LogP contribution in [-0.4, -0.2) is 42.6 Å². The van der Waals surface area contributed by atoms with Crippen LogP contribution in [0.2, 0.25) is 0 Å². The molecule has 1 amide bonds. The molecule has 4 N–H and O–H groups in total. The average molecular weight is 515 g/mol. The monoisotopic (exact) mass is 514 g/mol. The van der Waals surface area contributed by atoms with Gasteiger partial charge in [0.1, 0.15) is 5.82 Å². The third kappa shape index (κ3) is 13.7. The van der Waals surface area contributed by atoms with Gasteiger partial charge in [0.05, 0.1) is 17.5 Å². The number of carbonyl (C=O) groups is 1. The van der Waals surface area contributed by atoms with Crippen molar-refractivity contribution in [2.75, 3.05) is 13.6 Å². The van der Waals surface area contributed by atoms with Gasteiger partial charge in [0.2, 0.25) is 5.91 Å². The van der Waals surface area contributed by atoms with Crippen LogP contribution in [0.4, 0.5) is 4.39 Å². The zero-order chi connectivity index (χ0) is 28.1. The second-order valence-corrected chi connectivity index (χ2v) is 7.98. The zero-order valence-electron chi connectivity index (χ0n) is 23.6. The second kappa shape index (κ2) is 21.1. The number of nitrogens with one attached hydrogen (secondary N) is 1. The largest absolute Gasteiger partial charge is 0.399 e. The summed E-state index contributed by atoms with van der Waals surface area (Å²) in [4.78, 5) is 20.2. The first-order chi connectivity index (χ1) is 17.9. The number of benzene rings is 1. The van der Waals surface area contributed by atoms with Crippen LogP contribution in [0.5, 0.6) is 0 Å². The molecule has 0 aromatic heterocycles. The molecule has 7 heteroatoms. The normalized spacial score (nSPS) is 15.8. The maximum absolute atomic E-state index is 14.2. The van der Waals surface area contributed by atoms with Gasteiger partial charge in [0, 0.05) is 37.1 Å². The Morgan fingerprint density at radius 3 is 2.38 bits per heavy atom. The molecule has 206 valence electrons. The van der Waals surface area contributed by atoms with Gasteiger partial charge in [-0.15, -0.1) is 0 Å². The summed E-state index contributed by atoms with van der Waals surface area (Å²) in [7, 11) is 1.59. The predicted molar refractivity (Wildman–Crippen MR) is 156 cm³/mol. The Hall–Kier alpha value is -3.06. The molecule has 1 aromatic rings. The van der Waals surface area contributed by atoms with E-state index in [9.17, 15) is 9.18 Å². The number of carbonyl (C=O) groups excluding carboxylic acids is 1. The maximum Gasteiger partial charge on any atom is 0.250 e. The molecule has 1 aliphatic heterocycles. The molecular weight excluding hydrogens is 467 g/mol. The van der Waals surface area contributed by atoms with E-state index in [4.69, 9.17) is 10.8 Å². The molecule has 3 rings (SSSR count). The fraction of sp³-hybridized carbons (Fsp3) is 0.500. The predicted octanol–water partition coefficient (Wildman–Crippen LogP) is 6.04. The van der Waals surface area contributed by atoms with Crippen molar-refractivity contribution < 1.29 is 14.3 Å². The quantitative estimate of drug-likeness (QED) is 0.245. The van der Waals surface area contributed by atoms with Gasteiger partial charge in [0.15, 0.2) is 0 Å². The van der Waals surface area contributed by atoms with Crippen molar-refractivity contribution >= 4 is 17.8 Å². The lowest BCUT2D eigenvalue weighted by Gasteiger charge is -2.14. The van der Waals surface area contributed by atoms with Crippen LogP contribution in [0, 0.1) is 5.82 Å². The van der Waals surface area contributed by atoms with Crippen molar-refractivity contribution in [2.24, 2.45) is 15.7 Å². The first-order valence-corrected chi connectivity index (χ1v) is 13.5. The van der Waals surface area contributed by atoms with Crippen molar-refractivity contribution in [3.05, 3.63) is 70.8 Å². The SMILES string of the molecule is CC.CC.CCc1cccc(F)c1C(/C=C\C(N)=C\C(=O)NC1=CCCN=C1)=NC.OC1CCCCC1. The summed E-state index contributed by atoms with van der Waals surface area (Å²) in [6, 6.07) is 4.94. The lowest BCUT2D eigenvalue weighted by Crippen LogP contribution is -2.23. The van der Waals surface area contributed by atoms with Gasteiger partial charge in [0.25, 0.3) is 0 Å². The van der Waals surface area contributed by atoms with Crippen molar-refractivity contribution in [3.63, 3.8) is 0 Å². The summed E-state index contributed by atoms with van der Waals surface area (Å²) < 4.78 is 14.2. The molecule has 2 aliphatic rings. The lowest BCUT2D eigenvalue weighted by molar-refractivity contribution is -0.115. The number of rotatable bonds is 6. The minimum atomic E-state index is -0.345. The van der Waals surface area contributed by atoms with Gasteiger partial charge >= 0.3 is 0 Å². The van der Waals surface area contributed by atoms with Gasteiger partial charge in [-0.05, 0) is 49.5 Å². The van der Waals surface area contributed by atoms with Crippen LogP contribution in [0.1, 0.15) is 84.3 Å². The number of aliphatic hydroxyl groups excluding tert-OH is 1. The highest BCUT2D eigenvalue weighted by Crippen LogP contribution is 2.17. The van der Waals surface area contributed by atoms with E-state index < -0.39 is 0 Å². The van der Waals surface area contributed by atoms with Crippen LogP contribution in [0.25, 0.3) is 0 Å². The van der Waals surface area contributed by atoms with Crippen LogP contribution in [-0.2, 0) is 11.2 Å². The highest BCUT2D eigenvalue weighted by Gasteiger charge is 2.11. The number of halogens is 1. The molecule has 1 fully saturated rings. The third-order valence-corrected chi connectivity index (χ3v) is 5.40. The van der Waals surface area contributed by atoms with Crippen LogP contribution in [0.3, 0.4) is 0 Å². The number of allylic oxidation sites excluding steroid dienone is 3. The summed E-state index contributed by atoms with van der Waals surface area (Å²) in [5, 5.41) is 11.6. The smallest absolute Gasteiger partial charge is 0.250 e. The van der Waals surface area contributed by atoms with E-state index in [0.717, 1.165) is 31.4 Å². The number of nitrogens with two attached hydrogens (primary N) is 1. The highest BCUT2D eigenvalue weighted by atomic mass is 19.1. The highest BCUT2D eigenvalue weighted by molar-refractivity contribution is 6.10. The van der Waals surface area contributed by atoms with E-state index in [-0.39, 0.29) is 23.5 Å². The van der Waals surface area contributed by atoms with Gasteiger partial charge in [-0.2, -0.15) is 0 Å². The van der Waals surface area contributed by atoms with E-state index >= 15 is 0 Å². The summed E-state index contributed by atoms with van der Waals surface area (Å²) in [6.45, 7) is 10.7. The Kier molecular flexibility index (Phi) is 19.3. The molecule has 0 radical (unpaired) electrons. The number of aliphatic hydroxyl groups is 1. The van der Waals surface area contributed by atoms with Gasteiger partial charge < -0.3 is 16.2 Å². The third-order valence-electron chi connectivity index (χ3n) is 5.40. The maximum atomic E-state index is 14.2. The molecule has 1 saturated carbocycles. The van der Waals surface area contributed by atoms with Gasteiger partial charge in [-0.1, -0.05) is 72.1 Å². The fourth-order valence-electron chi connectivity index (χ4n) is 3.65. The summed E-state index contributed by atoms with van der Waals surface area (Å²) in [5.41, 5.74) is 8.56. The minimum Gasteiger partial charge on any atom is -0.399 e. The van der Waals surface area contributed by atoms with E-state index in [1.54, 1.807) is 25.4 Å². The summed E-state index contributed by atoms with van der Waals surface area (Å²) in [6.07, 6.45) is 15.3. The number of aliphatic imine (C=N–C) groups is 2. The van der Waals surface area contributed by atoms with Crippen LogP contribution in [0.15, 0.2) is 63.9 Å². The van der Waals surface area contributed by atoms with E-state index in [2.05, 4.69) is 15.3 Å². The Balaban J connectivity index is 0.000000988. The number of hydrogen-bond acceptors (Lipinski definition) is 5. The Morgan fingerprint density at radius 2 is 1.86 bits per heavy atom. The summed E-state index contributed by atoms with van der Waals surface area (Å²) >= 11 is 0. The number of aryl methyl sites for hydroxylation is 1. The molecule has 1 aromatic carbocycles. The van der Waals surface area contributed by atoms with Gasteiger partial charge in [-0.3, -0.25) is 14.8 Å². The fourth-order valence-corrected chi connectivity index (χ4v) is 3.65. The Morgan fingerprint density at radius 1 is 1.19 bits per heavy atom. The van der Waals surface area contributed by atoms with Crippen LogP contribution < -0.4 is 11.1 Å². The van der Waals surface area contributed by atoms with Crippen molar-refractivity contribution in [1.82, 2.24) is 5.32 Å². The van der Waals surface area contributed by atoms with Crippen molar-refractivity contribution in [1.29, 1.82) is 0 Å². The summed E-state index contributed by atoms with van der Waals surface area (Å²) in [5.74, 6) is -0.680. The molecule has 0 atom stereocenters. The number of amides is 1. The molecule has 1 heterocycles. The van der Waals surface area contributed by atoms with E-state index in [1.807, 2.05) is 46.8 Å². The number of hydrogen-bond donors (Lipinski definition) is 3. The Labute approximate surface area is 223 Å². The topological polar surface area (TPSA) is 100 Å². The molecule has 0 spiro atoms. The van der Waals surface area contributed by atoms with Gasteiger partial charge in [-0.25, -0.2) is 4.39 Å². The molecule has 1 aliphatic carbocycles. The molecule has 6 nitrogen and oxygen atoms in total. The first-order valence-electron chi connectivity index (χ1n) is 13.5. The van der Waals surface area contributed by atoms with Crippen molar-refractivity contribution in [3.8, 4) is 0 Å². The standard InChI is InChI=1S/C20H23FN4O.C6H12O.2C2H6/c1-3-14-6-4-8-17(21)20(14)18(23-2)10-9-15(22)12-19(26)25-16-7-5-11-24-13-16;7-6-4-2-1-3-5-6;2*1-2/h4,6-10,12-13H,3,5,11,22H2,1-2H3,(H,25,26);6-7H,1-5H2;2*1-2H3/b10-9-,15-12-,23-18?;;;. The molecule has 0 saturated heterocycles. The zero-order valence-corrected chi connectivity index (χ0v) is 23.6. The first kappa shape index (κ1) is 33.9. The molecule has 37 heavy (non-hydrogen) atoms. The number of dihydropyridines is 1. The van der Waals surface area contributed by atoms with E-state index in [1.165, 1.54) is 37.5 Å². The second-order valence-electron chi connectivity index (χ2n) is 7.98. The average Bonchev–Trinajstić information content (AvgIpc) is 2.93. The number of nitrogens with zero attached hydrogens (tertiary/aromatic N) is 2.